The molecule has 0 aliphatic carbocycles. The Morgan fingerprint density at radius 2 is 1.79 bits per heavy atom. The normalized spacial score (nSPS) is 12.2. The fourth-order valence-electron chi connectivity index (χ4n) is 2.46. The Hall–Kier alpha value is -2.32. The van der Waals surface area contributed by atoms with Crippen LogP contribution in [0.4, 0.5) is 0 Å². The van der Waals surface area contributed by atoms with E-state index < -0.39 is 0 Å². The van der Waals surface area contributed by atoms with Crippen molar-refractivity contribution in [2.45, 2.75) is 32.0 Å². The fourth-order valence-corrected chi connectivity index (χ4v) is 2.46. The van der Waals surface area contributed by atoms with Gasteiger partial charge in [0.1, 0.15) is 5.75 Å². The maximum atomic E-state index is 6.03. The van der Waals surface area contributed by atoms with Gasteiger partial charge in [-0.1, -0.05) is 60.7 Å². The first kappa shape index (κ1) is 18.0. The van der Waals surface area contributed by atoms with E-state index in [4.69, 9.17) is 9.47 Å². The number of allylic oxidation sites excluding steroid dienone is 1. The highest BCUT2D eigenvalue weighted by molar-refractivity contribution is 5.50. The van der Waals surface area contributed by atoms with Crippen LogP contribution in [0.2, 0.25) is 0 Å². The van der Waals surface area contributed by atoms with Crippen molar-refractivity contribution >= 4 is 6.08 Å². The van der Waals surface area contributed by atoms with E-state index in [2.05, 4.69) is 43.0 Å². The zero-order valence-corrected chi connectivity index (χ0v) is 14.4. The first-order valence-corrected chi connectivity index (χ1v) is 8.39. The average Bonchev–Trinajstić information content (AvgIpc) is 2.64. The van der Waals surface area contributed by atoms with Crippen molar-refractivity contribution in [3.8, 4) is 5.75 Å². The molecule has 2 aromatic carbocycles. The summed E-state index contributed by atoms with van der Waals surface area (Å²) in [6.45, 7) is 4.49. The number of benzene rings is 2. The quantitative estimate of drug-likeness (QED) is 0.526. The van der Waals surface area contributed by atoms with Crippen LogP contribution in [0.3, 0.4) is 0 Å². The molecule has 0 aromatic heterocycles. The summed E-state index contributed by atoms with van der Waals surface area (Å²) in [6, 6.07) is 18.4. The van der Waals surface area contributed by atoms with E-state index in [0.29, 0.717) is 6.61 Å². The highest BCUT2D eigenvalue weighted by Crippen LogP contribution is 2.15. The van der Waals surface area contributed by atoms with Crippen molar-refractivity contribution in [1.29, 1.82) is 0 Å². The van der Waals surface area contributed by atoms with Crippen molar-refractivity contribution in [3.63, 3.8) is 0 Å². The van der Waals surface area contributed by atoms with E-state index in [9.17, 15) is 0 Å². The second-order valence-electron chi connectivity index (χ2n) is 5.70. The smallest absolute Gasteiger partial charge is 0.118 e. The van der Waals surface area contributed by atoms with Gasteiger partial charge in [-0.15, -0.1) is 6.58 Å². The maximum absolute atomic E-state index is 6.03. The number of methoxy groups -OCH3 is 1. The molecule has 0 aliphatic rings. The van der Waals surface area contributed by atoms with Gasteiger partial charge in [0.25, 0.3) is 0 Å². The van der Waals surface area contributed by atoms with E-state index in [0.717, 1.165) is 25.0 Å². The molecule has 0 aliphatic heterocycles. The van der Waals surface area contributed by atoms with Crippen molar-refractivity contribution in [2.75, 3.05) is 7.11 Å². The van der Waals surface area contributed by atoms with Gasteiger partial charge in [0.15, 0.2) is 0 Å². The van der Waals surface area contributed by atoms with Gasteiger partial charge in [-0.2, -0.15) is 0 Å². The minimum atomic E-state index is 0.211. The molecule has 2 aromatic rings. The Kier molecular flexibility index (Phi) is 7.85. The average molecular weight is 322 g/mol. The SMILES string of the molecule is C=CCC(CC/C=C/c1ccc(OC)cc1)OCc1ccccc1. The highest BCUT2D eigenvalue weighted by atomic mass is 16.5. The largest absolute Gasteiger partial charge is 0.497 e. The molecule has 0 saturated heterocycles. The Morgan fingerprint density at radius 3 is 2.46 bits per heavy atom. The predicted molar refractivity (Wildman–Crippen MR) is 101 cm³/mol. The van der Waals surface area contributed by atoms with Crippen LogP contribution in [0.1, 0.15) is 30.4 Å². The molecule has 0 amide bonds. The summed E-state index contributed by atoms with van der Waals surface area (Å²) in [6.07, 6.45) is 9.34. The molecule has 0 N–H and O–H groups in total. The van der Waals surface area contributed by atoms with Crippen LogP contribution in [0.15, 0.2) is 73.3 Å². The number of rotatable bonds is 10. The molecule has 0 saturated carbocycles. The van der Waals surface area contributed by atoms with Crippen LogP contribution in [-0.4, -0.2) is 13.2 Å². The van der Waals surface area contributed by atoms with E-state index in [1.807, 2.05) is 36.4 Å². The molecule has 2 nitrogen and oxygen atoms in total. The van der Waals surface area contributed by atoms with Gasteiger partial charge in [0.05, 0.1) is 19.8 Å². The van der Waals surface area contributed by atoms with Crippen LogP contribution in [0.5, 0.6) is 5.75 Å². The number of hydrogen-bond donors (Lipinski definition) is 0. The molecule has 2 heteroatoms. The number of ether oxygens (including phenoxy) is 2. The standard InChI is InChI=1S/C22H26O2/c1-3-9-22(24-18-20-11-5-4-6-12-20)13-8-7-10-19-14-16-21(23-2)17-15-19/h3-7,10-12,14-17,22H,1,8-9,13,18H2,2H3/b10-7+. The molecular weight excluding hydrogens is 296 g/mol. The fraction of sp³-hybridized carbons (Fsp3) is 0.273. The lowest BCUT2D eigenvalue weighted by Gasteiger charge is -2.15. The third-order valence-electron chi connectivity index (χ3n) is 3.84. The molecule has 0 fully saturated rings. The lowest BCUT2D eigenvalue weighted by Crippen LogP contribution is -2.11. The zero-order valence-electron chi connectivity index (χ0n) is 14.4. The summed E-state index contributed by atoms with van der Waals surface area (Å²) < 4.78 is 11.2. The van der Waals surface area contributed by atoms with E-state index in [-0.39, 0.29) is 6.10 Å². The summed E-state index contributed by atoms with van der Waals surface area (Å²) in [7, 11) is 1.68. The van der Waals surface area contributed by atoms with Gasteiger partial charge in [-0.05, 0) is 42.5 Å². The molecule has 24 heavy (non-hydrogen) atoms. The Labute approximate surface area is 145 Å². The predicted octanol–water partition coefficient (Wildman–Crippen LogP) is 5.65. The summed E-state index contributed by atoms with van der Waals surface area (Å²) >= 11 is 0. The third kappa shape index (κ3) is 6.43. The maximum Gasteiger partial charge on any atom is 0.118 e. The first-order valence-electron chi connectivity index (χ1n) is 8.39. The molecule has 2 rings (SSSR count). The van der Waals surface area contributed by atoms with Gasteiger partial charge >= 0.3 is 0 Å². The molecule has 1 unspecified atom stereocenters. The Bertz CT molecular complexity index is 614. The second-order valence-corrected chi connectivity index (χ2v) is 5.70. The third-order valence-corrected chi connectivity index (χ3v) is 3.84. The van der Waals surface area contributed by atoms with Gasteiger partial charge in [0.2, 0.25) is 0 Å². The number of hydrogen-bond acceptors (Lipinski definition) is 2. The molecule has 0 heterocycles. The molecule has 126 valence electrons. The van der Waals surface area contributed by atoms with Crippen LogP contribution in [0, 0.1) is 0 Å². The van der Waals surface area contributed by atoms with Crippen LogP contribution in [0.25, 0.3) is 6.08 Å². The van der Waals surface area contributed by atoms with Crippen LogP contribution >= 0.6 is 0 Å². The Morgan fingerprint density at radius 1 is 1.04 bits per heavy atom. The molecule has 0 bridgehead atoms. The van der Waals surface area contributed by atoms with Gasteiger partial charge in [0, 0.05) is 0 Å². The summed E-state index contributed by atoms with van der Waals surface area (Å²) in [5.74, 6) is 0.882. The lowest BCUT2D eigenvalue weighted by molar-refractivity contribution is 0.0378. The van der Waals surface area contributed by atoms with Crippen molar-refractivity contribution in [2.24, 2.45) is 0 Å². The summed E-state index contributed by atoms with van der Waals surface area (Å²) in [5.41, 5.74) is 2.39. The minimum absolute atomic E-state index is 0.211. The molecule has 1 atom stereocenters. The van der Waals surface area contributed by atoms with E-state index >= 15 is 0 Å². The lowest BCUT2D eigenvalue weighted by atomic mass is 10.1. The van der Waals surface area contributed by atoms with E-state index in [1.165, 1.54) is 11.1 Å². The van der Waals surface area contributed by atoms with Crippen LogP contribution < -0.4 is 4.74 Å². The van der Waals surface area contributed by atoms with E-state index in [1.54, 1.807) is 7.11 Å². The van der Waals surface area contributed by atoms with Crippen molar-refractivity contribution in [1.82, 2.24) is 0 Å². The summed E-state index contributed by atoms with van der Waals surface area (Å²) in [4.78, 5) is 0. The second kappa shape index (κ2) is 10.5. The molecule has 0 spiro atoms. The van der Waals surface area contributed by atoms with Gasteiger partial charge in [-0.3, -0.25) is 0 Å². The first-order chi connectivity index (χ1) is 11.8. The minimum Gasteiger partial charge on any atom is -0.497 e. The molecular formula is C22H26O2. The topological polar surface area (TPSA) is 18.5 Å². The van der Waals surface area contributed by atoms with Gasteiger partial charge < -0.3 is 9.47 Å². The summed E-state index contributed by atoms with van der Waals surface area (Å²) in [5, 5.41) is 0. The Balaban J connectivity index is 1.77. The van der Waals surface area contributed by atoms with Crippen LogP contribution in [-0.2, 0) is 11.3 Å². The van der Waals surface area contributed by atoms with Crippen molar-refractivity contribution < 1.29 is 9.47 Å². The zero-order chi connectivity index (χ0) is 17.0. The van der Waals surface area contributed by atoms with Crippen molar-refractivity contribution in [3.05, 3.63) is 84.5 Å². The highest BCUT2D eigenvalue weighted by Gasteiger charge is 2.06. The van der Waals surface area contributed by atoms with Gasteiger partial charge in [-0.25, -0.2) is 0 Å². The monoisotopic (exact) mass is 322 g/mol. The molecule has 0 radical (unpaired) electrons.